The normalized spacial score (nSPS) is 13.3. The maximum atomic E-state index is 13.5. The van der Waals surface area contributed by atoms with Crippen molar-refractivity contribution in [1.29, 1.82) is 0 Å². The van der Waals surface area contributed by atoms with Crippen LogP contribution in [0.25, 0.3) is 11.4 Å². The van der Waals surface area contributed by atoms with E-state index < -0.39 is 66.1 Å². The third-order valence-corrected chi connectivity index (χ3v) is 7.40. The van der Waals surface area contributed by atoms with Gasteiger partial charge in [0.2, 0.25) is 0 Å². The molecule has 0 bridgehead atoms. The molecule has 2 N–H and O–H groups in total. The van der Waals surface area contributed by atoms with Crippen molar-refractivity contribution in [2.75, 3.05) is 0 Å². The number of halogens is 10. The molecule has 50 heavy (non-hydrogen) atoms. The zero-order chi connectivity index (χ0) is 36.5. The van der Waals surface area contributed by atoms with E-state index in [0.29, 0.717) is 0 Å². The molecule has 0 atom stereocenters. The highest BCUT2D eigenvalue weighted by molar-refractivity contribution is 6.21. The van der Waals surface area contributed by atoms with Gasteiger partial charge in [-0.1, -0.05) is 12.1 Å². The van der Waals surface area contributed by atoms with Crippen molar-refractivity contribution in [1.82, 2.24) is 24.5 Å². The predicted octanol–water partition coefficient (Wildman–Crippen LogP) is 7.91. The van der Waals surface area contributed by atoms with Gasteiger partial charge in [0.05, 0.1) is 40.2 Å². The smallest absolute Gasteiger partial charge is 0.326 e. The molecule has 0 unspecified atom stereocenters. The Bertz CT molecular complexity index is 1960. The van der Waals surface area contributed by atoms with Crippen LogP contribution in [0.3, 0.4) is 0 Å². The summed E-state index contributed by atoms with van der Waals surface area (Å²) in [6.45, 7) is -0.563. The van der Waals surface area contributed by atoms with Crippen LogP contribution in [0, 0.1) is 0 Å². The summed E-state index contributed by atoms with van der Waals surface area (Å²) in [6, 6.07) is 13.9. The third kappa shape index (κ3) is 7.39. The van der Waals surface area contributed by atoms with E-state index in [-0.39, 0.29) is 40.2 Å². The first kappa shape index (κ1) is 35.8. The Morgan fingerprint density at radius 3 is 1.32 bits per heavy atom. The molecule has 1 aliphatic heterocycles. The van der Waals surface area contributed by atoms with Crippen molar-refractivity contribution in [2.24, 2.45) is 5.73 Å². The number of hydrogen-bond acceptors (Lipinski definition) is 5. The first-order valence-electron chi connectivity index (χ1n) is 14.2. The summed E-state index contributed by atoms with van der Waals surface area (Å²) in [5.41, 5.74) is 3.29. The molecule has 3 heterocycles. The van der Waals surface area contributed by atoms with Gasteiger partial charge in [-0.2, -0.15) is 36.5 Å². The molecule has 0 saturated heterocycles. The SMILES string of the molecule is NCc1cn(-c2ccc(C(F)(F)F)cc2)nc1C(F)F.O=C1c2ccccc2C(=O)N1Cc1cn(-c2ccc(C(F)(F)F)cc2)nc1C(F)F. The fourth-order valence-electron chi connectivity index (χ4n) is 4.92. The second-order valence-electron chi connectivity index (χ2n) is 10.6. The van der Waals surface area contributed by atoms with Crippen LogP contribution in [0.2, 0.25) is 0 Å². The Kier molecular flexibility index (Phi) is 9.85. The standard InChI is InChI=1S/C20H12F5N3O2.C12H10F5N3/c21-17(22)16-11(9-27-18(29)14-3-1-2-4-15(14)19(27)30)10-28(26-16)13-7-5-12(6-8-13)20(23,24)25;13-11(14)10-7(5-18)6-20(19-10)9-3-1-8(2-4-9)12(15,16)17/h1-8,10,17H,9H2;1-4,6,11H,5,18H2. The molecule has 8 nitrogen and oxygen atoms in total. The maximum Gasteiger partial charge on any atom is 0.416 e. The van der Waals surface area contributed by atoms with E-state index in [1.165, 1.54) is 24.5 Å². The molecule has 262 valence electrons. The Morgan fingerprint density at radius 1 is 0.600 bits per heavy atom. The average molecular weight is 713 g/mol. The number of amides is 2. The molecular formula is C32H22F10N6O2. The highest BCUT2D eigenvalue weighted by Crippen LogP contribution is 2.32. The zero-order valence-electron chi connectivity index (χ0n) is 25.1. The molecule has 1 aliphatic rings. The Labute approximate surface area is 275 Å². The first-order chi connectivity index (χ1) is 23.5. The summed E-state index contributed by atoms with van der Waals surface area (Å²) in [6.07, 6.45) is -12.3. The Morgan fingerprint density at radius 2 is 0.980 bits per heavy atom. The molecular weight excluding hydrogens is 690 g/mol. The third-order valence-electron chi connectivity index (χ3n) is 7.40. The second kappa shape index (κ2) is 13.8. The molecule has 0 fully saturated rings. The van der Waals surface area contributed by atoms with E-state index in [0.717, 1.165) is 62.8 Å². The lowest BCUT2D eigenvalue weighted by Gasteiger charge is -2.13. The van der Waals surface area contributed by atoms with Crippen molar-refractivity contribution >= 4 is 11.8 Å². The van der Waals surface area contributed by atoms with Gasteiger partial charge in [0.25, 0.3) is 24.7 Å². The minimum atomic E-state index is -4.53. The molecule has 6 rings (SSSR count). The van der Waals surface area contributed by atoms with Gasteiger partial charge in [-0.25, -0.2) is 26.9 Å². The van der Waals surface area contributed by atoms with Crippen LogP contribution in [-0.2, 0) is 25.4 Å². The monoisotopic (exact) mass is 712 g/mol. The topological polar surface area (TPSA) is 99.0 Å². The van der Waals surface area contributed by atoms with Gasteiger partial charge in [-0.05, 0) is 60.7 Å². The number of carbonyl (C=O) groups excluding carboxylic acids is 2. The van der Waals surface area contributed by atoms with E-state index in [2.05, 4.69) is 10.2 Å². The largest absolute Gasteiger partial charge is 0.416 e. The minimum absolute atomic E-state index is 0.0839. The van der Waals surface area contributed by atoms with Gasteiger partial charge in [-0.15, -0.1) is 0 Å². The summed E-state index contributed by atoms with van der Waals surface area (Å²) < 4.78 is 130. The summed E-state index contributed by atoms with van der Waals surface area (Å²) in [5.74, 6) is -1.23. The fraction of sp³-hybridized carbons (Fsp3) is 0.188. The lowest BCUT2D eigenvalue weighted by molar-refractivity contribution is -0.138. The van der Waals surface area contributed by atoms with E-state index in [1.54, 1.807) is 12.1 Å². The Balaban J connectivity index is 0.000000211. The fourth-order valence-corrected chi connectivity index (χ4v) is 4.92. The summed E-state index contributed by atoms with van der Waals surface area (Å²) in [5, 5.41) is 7.40. The number of nitrogens with two attached hydrogens (primary N) is 1. The van der Waals surface area contributed by atoms with Crippen molar-refractivity contribution in [2.45, 2.75) is 38.3 Å². The van der Waals surface area contributed by atoms with Gasteiger partial charge >= 0.3 is 12.4 Å². The van der Waals surface area contributed by atoms with Crippen LogP contribution in [-0.4, -0.2) is 36.3 Å². The number of imide groups is 1. The van der Waals surface area contributed by atoms with Crippen LogP contribution in [0.5, 0.6) is 0 Å². The van der Waals surface area contributed by atoms with Crippen LogP contribution in [0.1, 0.15) is 67.2 Å². The number of hydrogen-bond donors (Lipinski definition) is 1. The summed E-state index contributed by atoms with van der Waals surface area (Å²) in [7, 11) is 0. The van der Waals surface area contributed by atoms with Crippen molar-refractivity contribution < 1.29 is 53.5 Å². The predicted molar refractivity (Wildman–Crippen MR) is 156 cm³/mol. The average Bonchev–Trinajstić information content (AvgIpc) is 3.77. The summed E-state index contributed by atoms with van der Waals surface area (Å²) >= 11 is 0. The van der Waals surface area contributed by atoms with E-state index >= 15 is 0 Å². The molecule has 0 radical (unpaired) electrons. The Hall–Kier alpha value is -5.52. The minimum Gasteiger partial charge on any atom is -0.326 e. The van der Waals surface area contributed by atoms with Gasteiger partial charge < -0.3 is 5.73 Å². The van der Waals surface area contributed by atoms with Crippen LogP contribution in [0.4, 0.5) is 43.9 Å². The van der Waals surface area contributed by atoms with Gasteiger partial charge in [0, 0.05) is 30.1 Å². The first-order valence-corrected chi connectivity index (χ1v) is 14.2. The number of rotatable bonds is 7. The zero-order valence-corrected chi connectivity index (χ0v) is 25.1. The van der Waals surface area contributed by atoms with Crippen LogP contribution >= 0.6 is 0 Å². The maximum absolute atomic E-state index is 13.5. The van der Waals surface area contributed by atoms with Crippen LogP contribution < -0.4 is 5.73 Å². The molecule has 0 saturated carbocycles. The second-order valence-corrected chi connectivity index (χ2v) is 10.6. The van der Waals surface area contributed by atoms with Crippen molar-refractivity contribution in [3.8, 4) is 11.4 Å². The highest BCUT2D eigenvalue weighted by Gasteiger charge is 2.37. The molecule has 2 aromatic heterocycles. The van der Waals surface area contributed by atoms with E-state index in [1.807, 2.05) is 0 Å². The quantitative estimate of drug-likeness (QED) is 0.137. The van der Waals surface area contributed by atoms with E-state index in [9.17, 15) is 53.5 Å². The number of alkyl halides is 10. The number of aromatic nitrogens is 4. The molecule has 3 aromatic carbocycles. The number of nitrogens with zero attached hydrogens (tertiary/aromatic N) is 5. The lowest BCUT2D eigenvalue weighted by atomic mass is 10.1. The van der Waals surface area contributed by atoms with E-state index in [4.69, 9.17) is 5.73 Å². The lowest BCUT2D eigenvalue weighted by Crippen LogP contribution is -2.29. The molecule has 2 amide bonds. The van der Waals surface area contributed by atoms with Crippen molar-refractivity contribution in [3.05, 3.63) is 130 Å². The van der Waals surface area contributed by atoms with Gasteiger partial charge in [0.15, 0.2) is 0 Å². The number of carbonyl (C=O) groups is 2. The number of benzene rings is 3. The molecule has 0 spiro atoms. The van der Waals surface area contributed by atoms with Gasteiger partial charge in [0.1, 0.15) is 11.4 Å². The summed E-state index contributed by atoms with van der Waals surface area (Å²) in [4.78, 5) is 25.8. The van der Waals surface area contributed by atoms with Crippen molar-refractivity contribution in [3.63, 3.8) is 0 Å². The molecule has 5 aromatic rings. The number of fused-ring (bicyclic) bond motifs is 1. The molecule has 0 aliphatic carbocycles. The molecule has 18 heteroatoms. The van der Waals surface area contributed by atoms with Crippen LogP contribution in [0.15, 0.2) is 85.2 Å². The van der Waals surface area contributed by atoms with Gasteiger partial charge in [-0.3, -0.25) is 14.5 Å². The highest BCUT2D eigenvalue weighted by atomic mass is 19.4.